The highest BCUT2D eigenvalue weighted by molar-refractivity contribution is 7.81. The molecule has 0 bridgehead atoms. The highest BCUT2D eigenvalue weighted by atomic mass is 35.5. The summed E-state index contributed by atoms with van der Waals surface area (Å²) in [4.78, 5) is 3.69. The largest absolute Gasteiger partial charge is 0.508 e. The second kappa shape index (κ2) is 7.25. The first kappa shape index (κ1) is 20.8. The Bertz CT molecular complexity index is 801. The number of alkyl halides is 3. The van der Waals surface area contributed by atoms with E-state index in [2.05, 4.69) is 17.6 Å². The van der Waals surface area contributed by atoms with Gasteiger partial charge in [-0.3, -0.25) is 0 Å². The minimum atomic E-state index is -5.00. The van der Waals surface area contributed by atoms with E-state index in [1.165, 1.54) is 25.3 Å². The number of hydrogen-bond donors (Lipinski definition) is 3. The van der Waals surface area contributed by atoms with Crippen molar-refractivity contribution in [3.8, 4) is 5.75 Å². The molecule has 2 rings (SSSR count). The molecule has 2 N–H and O–H groups in total. The van der Waals surface area contributed by atoms with Gasteiger partial charge in [-0.05, 0) is 42.8 Å². The van der Waals surface area contributed by atoms with Crippen molar-refractivity contribution in [1.29, 1.82) is 0 Å². The van der Waals surface area contributed by atoms with Gasteiger partial charge < -0.3 is 10.2 Å². The van der Waals surface area contributed by atoms with Gasteiger partial charge in [0.25, 0.3) is 0 Å². The number of benzene rings is 1. The van der Waals surface area contributed by atoms with Gasteiger partial charge in [-0.15, -0.1) is 0 Å². The zero-order valence-electron chi connectivity index (χ0n) is 13.6. The fraction of sp³-hybridized carbons (Fsp3) is 0.353. The Morgan fingerprint density at radius 3 is 2.42 bits per heavy atom. The monoisotopic (exact) mass is 409 g/mol. The summed E-state index contributed by atoms with van der Waals surface area (Å²) >= 11 is 9.87. The molecule has 0 aliphatic carbocycles. The molecular weight excluding hydrogens is 394 g/mol. The quantitative estimate of drug-likeness (QED) is 0.383. The molecule has 0 saturated carbocycles. The van der Waals surface area contributed by atoms with E-state index in [-0.39, 0.29) is 16.3 Å². The lowest BCUT2D eigenvalue weighted by molar-refractivity contribution is -0.264. The topological polar surface area (TPSA) is 53.4 Å². The van der Waals surface area contributed by atoms with Crippen LogP contribution in [-0.4, -0.2) is 27.0 Å². The summed E-state index contributed by atoms with van der Waals surface area (Å²) in [6, 6.07) is 5.40. The Morgan fingerprint density at radius 1 is 1.19 bits per heavy atom. The van der Waals surface area contributed by atoms with E-state index in [1.807, 2.05) is 0 Å². The lowest BCUT2D eigenvalue weighted by Crippen LogP contribution is -2.50. The van der Waals surface area contributed by atoms with E-state index < -0.39 is 40.9 Å². The van der Waals surface area contributed by atoms with Crippen LogP contribution in [0.2, 0.25) is 5.15 Å². The normalized spacial score (nSPS) is 16.8. The van der Waals surface area contributed by atoms with Gasteiger partial charge in [0.2, 0.25) is 0 Å². The first-order valence-electron chi connectivity index (χ1n) is 7.45. The number of thiol groups is 1. The molecule has 2 atom stereocenters. The highest BCUT2D eigenvalue weighted by Crippen LogP contribution is 2.46. The second-order valence-corrected chi connectivity index (χ2v) is 7.68. The standard InChI is InChI=1S/C17H16ClF4NO2S/c1-15(26,12-7-11(19)2-3-13(12)24)9-16(25,17(20,21)22)8-10-4-5-23-14(18)6-10/h2-7,24-26H,8-9H2,1H3. The average molecular weight is 410 g/mol. The fourth-order valence-electron chi connectivity index (χ4n) is 2.76. The smallest absolute Gasteiger partial charge is 0.417 e. The molecule has 9 heteroatoms. The van der Waals surface area contributed by atoms with Crippen molar-refractivity contribution in [2.45, 2.75) is 36.3 Å². The Hall–Kier alpha value is -1.51. The summed E-state index contributed by atoms with van der Waals surface area (Å²) in [5.41, 5.74) is -3.22. The number of nitrogens with zero attached hydrogens (tertiary/aromatic N) is 1. The summed E-state index contributed by atoms with van der Waals surface area (Å²) in [6.45, 7) is 1.26. The van der Waals surface area contributed by atoms with E-state index in [0.29, 0.717) is 0 Å². The van der Waals surface area contributed by atoms with Crippen LogP contribution in [0.1, 0.15) is 24.5 Å². The molecule has 0 saturated heterocycles. The molecule has 1 aromatic heterocycles. The van der Waals surface area contributed by atoms with Gasteiger partial charge in [-0.1, -0.05) is 11.6 Å². The summed E-state index contributed by atoms with van der Waals surface area (Å²) in [6.07, 6.45) is -5.50. The maximum Gasteiger partial charge on any atom is 0.417 e. The molecule has 2 unspecified atom stereocenters. The predicted octanol–water partition coefficient (Wildman–Crippen LogP) is 4.65. The van der Waals surface area contributed by atoms with Gasteiger partial charge in [0, 0.05) is 29.3 Å². The third-order valence-electron chi connectivity index (χ3n) is 3.99. The molecule has 0 aliphatic heterocycles. The van der Waals surface area contributed by atoms with E-state index >= 15 is 0 Å². The van der Waals surface area contributed by atoms with E-state index in [9.17, 15) is 27.8 Å². The van der Waals surface area contributed by atoms with E-state index in [1.54, 1.807) is 0 Å². The van der Waals surface area contributed by atoms with Crippen molar-refractivity contribution in [3.05, 3.63) is 58.6 Å². The maximum absolute atomic E-state index is 13.6. The second-order valence-electron chi connectivity index (χ2n) is 6.31. The molecule has 0 radical (unpaired) electrons. The summed E-state index contributed by atoms with van der Waals surface area (Å²) in [5.74, 6) is -1.16. The zero-order valence-corrected chi connectivity index (χ0v) is 15.2. The van der Waals surface area contributed by atoms with Crippen molar-refractivity contribution < 1.29 is 27.8 Å². The Morgan fingerprint density at radius 2 is 1.85 bits per heavy atom. The Labute approximate surface area is 158 Å². The van der Waals surface area contributed by atoms with Crippen molar-refractivity contribution in [1.82, 2.24) is 4.98 Å². The SMILES string of the molecule is CC(S)(CC(O)(Cc1ccnc(Cl)c1)C(F)(F)F)c1cc(F)ccc1O. The average Bonchev–Trinajstić information content (AvgIpc) is 2.48. The van der Waals surface area contributed by atoms with Gasteiger partial charge in [-0.2, -0.15) is 25.8 Å². The Kier molecular flexibility index (Phi) is 5.80. The van der Waals surface area contributed by atoms with Crippen LogP contribution in [0.25, 0.3) is 0 Å². The number of aromatic hydroxyl groups is 1. The number of aromatic nitrogens is 1. The Balaban J connectivity index is 2.42. The summed E-state index contributed by atoms with van der Waals surface area (Å²) < 4.78 is 52.8. The minimum Gasteiger partial charge on any atom is -0.508 e. The maximum atomic E-state index is 13.6. The lowest BCUT2D eigenvalue weighted by Gasteiger charge is -2.37. The molecule has 26 heavy (non-hydrogen) atoms. The van der Waals surface area contributed by atoms with Gasteiger partial charge in [0.15, 0.2) is 5.60 Å². The van der Waals surface area contributed by atoms with Gasteiger partial charge >= 0.3 is 6.18 Å². The van der Waals surface area contributed by atoms with Crippen LogP contribution in [0.15, 0.2) is 36.5 Å². The van der Waals surface area contributed by atoms with E-state index in [0.717, 1.165) is 18.2 Å². The number of halogens is 5. The minimum absolute atomic E-state index is 0.0107. The van der Waals surface area contributed by atoms with Crippen molar-refractivity contribution in [3.63, 3.8) is 0 Å². The summed E-state index contributed by atoms with van der Waals surface area (Å²) in [7, 11) is 0. The van der Waals surface area contributed by atoms with E-state index in [4.69, 9.17) is 11.6 Å². The van der Waals surface area contributed by atoms with Crippen molar-refractivity contribution in [2.24, 2.45) is 0 Å². The first-order chi connectivity index (χ1) is 11.8. The summed E-state index contributed by atoms with van der Waals surface area (Å²) in [5, 5.41) is 20.3. The number of phenolic OH excluding ortho intramolecular Hbond substituents is 1. The molecule has 1 heterocycles. The molecule has 142 valence electrons. The van der Waals surface area contributed by atoms with Gasteiger partial charge in [0.05, 0.1) is 0 Å². The number of hydrogen-bond acceptors (Lipinski definition) is 4. The predicted molar refractivity (Wildman–Crippen MR) is 93.0 cm³/mol. The molecule has 0 spiro atoms. The highest BCUT2D eigenvalue weighted by Gasteiger charge is 2.56. The van der Waals surface area contributed by atoms with Crippen LogP contribution in [-0.2, 0) is 11.2 Å². The molecule has 0 aliphatic rings. The molecule has 2 aromatic rings. The van der Waals surface area contributed by atoms with Crippen molar-refractivity contribution in [2.75, 3.05) is 0 Å². The van der Waals surface area contributed by atoms with Crippen LogP contribution in [0.5, 0.6) is 5.75 Å². The molecule has 0 fully saturated rings. The molecular formula is C17H16ClF4NO2S. The molecule has 1 aromatic carbocycles. The first-order valence-corrected chi connectivity index (χ1v) is 8.27. The number of phenols is 1. The van der Waals surface area contributed by atoms with Crippen LogP contribution in [0, 0.1) is 5.82 Å². The van der Waals surface area contributed by atoms with Crippen LogP contribution in [0.3, 0.4) is 0 Å². The number of aliphatic hydroxyl groups is 1. The fourth-order valence-corrected chi connectivity index (χ4v) is 3.39. The van der Waals surface area contributed by atoms with Crippen LogP contribution in [0.4, 0.5) is 17.6 Å². The van der Waals surface area contributed by atoms with Crippen molar-refractivity contribution >= 4 is 24.2 Å². The van der Waals surface area contributed by atoms with Crippen LogP contribution < -0.4 is 0 Å². The molecule has 0 amide bonds. The third-order valence-corrected chi connectivity index (χ3v) is 4.60. The number of pyridine rings is 1. The lowest BCUT2D eigenvalue weighted by atomic mass is 9.81. The third kappa shape index (κ3) is 4.61. The van der Waals surface area contributed by atoms with Gasteiger partial charge in [-0.25, -0.2) is 9.37 Å². The zero-order chi connectivity index (χ0) is 19.8. The van der Waals surface area contributed by atoms with Gasteiger partial charge in [0.1, 0.15) is 16.7 Å². The molecule has 3 nitrogen and oxygen atoms in total. The van der Waals surface area contributed by atoms with Crippen LogP contribution >= 0.6 is 24.2 Å². The number of rotatable bonds is 5.